The van der Waals surface area contributed by atoms with Gasteiger partial charge in [-0.25, -0.2) is 0 Å². The first kappa shape index (κ1) is 38.5. The minimum absolute atomic E-state index is 0.0504. The summed E-state index contributed by atoms with van der Waals surface area (Å²) >= 11 is 0. The van der Waals surface area contributed by atoms with Gasteiger partial charge in [-0.15, -0.1) is 0 Å². The first-order chi connectivity index (χ1) is 21.8. The van der Waals surface area contributed by atoms with Crippen LogP contribution >= 0.6 is 0 Å². The van der Waals surface area contributed by atoms with Gasteiger partial charge in [0.05, 0.1) is 19.6 Å². The van der Waals surface area contributed by atoms with Gasteiger partial charge in [-0.2, -0.15) is 0 Å². The number of hydrogen-bond acceptors (Lipinski definition) is 6. The number of rotatable bonds is 24. The van der Waals surface area contributed by atoms with Crippen LogP contribution in [0.15, 0.2) is 42.5 Å². The Kier molecular flexibility index (Phi) is 20.2. The van der Waals surface area contributed by atoms with E-state index < -0.39 is 17.8 Å². The lowest BCUT2D eigenvalue weighted by Gasteiger charge is -2.41. The fourth-order valence-electron chi connectivity index (χ4n) is 5.30. The topological polar surface area (TPSA) is 103 Å². The van der Waals surface area contributed by atoms with Gasteiger partial charge in [0.15, 0.2) is 6.29 Å². The SMILES string of the molecule is CCCCCCCC/C=C\CCCCCCCC(=O)NCCCOC(=O)CCNC(=O)C1OC(c2ccccc2)OCC1(C)C. The molecule has 1 aromatic rings. The summed E-state index contributed by atoms with van der Waals surface area (Å²) in [7, 11) is 0. The van der Waals surface area contributed by atoms with E-state index >= 15 is 0 Å². The monoisotopic (exact) mass is 628 g/mol. The second-order valence-electron chi connectivity index (χ2n) is 12.9. The maximum absolute atomic E-state index is 12.9. The predicted octanol–water partition coefficient (Wildman–Crippen LogP) is 7.72. The highest BCUT2D eigenvalue weighted by atomic mass is 16.7. The molecule has 8 nitrogen and oxygen atoms in total. The zero-order chi connectivity index (χ0) is 32.6. The Morgan fingerprint density at radius 1 is 0.822 bits per heavy atom. The summed E-state index contributed by atoms with van der Waals surface area (Å²) in [6.45, 7) is 7.35. The molecule has 2 atom stereocenters. The van der Waals surface area contributed by atoms with Crippen LogP contribution in [0.4, 0.5) is 0 Å². The normalized spacial score (nSPS) is 17.7. The molecule has 45 heavy (non-hydrogen) atoms. The van der Waals surface area contributed by atoms with Crippen molar-refractivity contribution in [2.45, 2.75) is 136 Å². The standard InChI is InChI=1S/C37H60N2O6/c1-4-5-6-7-8-9-10-11-12-13-14-15-16-17-21-25-32(40)38-27-22-29-43-33(41)26-28-39-35(42)34-37(2,3)30-44-36(45-34)31-23-19-18-20-24-31/h11-12,18-20,23-24,34,36H,4-10,13-17,21-22,25-30H2,1-3H3,(H,38,40)(H,39,42)/b12-11-. The molecule has 0 spiro atoms. The zero-order valence-electron chi connectivity index (χ0n) is 28.3. The minimum Gasteiger partial charge on any atom is -0.466 e. The molecule has 2 amide bonds. The Morgan fingerprint density at radius 3 is 2.16 bits per heavy atom. The van der Waals surface area contributed by atoms with Gasteiger partial charge >= 0.3 is 5.97 Å². The average molecular weight is 629 g/mol. The molecule has 0 aromatic heterocycles. The Hall–Kier alpha value is -2.71. The summed E-state index contributed by atoms with van der Waals surface area (Å²) in [5.74, 6) is -0.607. The predicted molar refractivity (Wildman–Crippen MR) is 179 cm³/mol. The summed E-state index contributed by atoms with van der Waals surface area (Å²) in [5.41, 5.74) is 0.346. The smallest absolute Gasteiger partial charge is 0.307 e. The van der Waals surface area contributed by atoms with Crippen LogP contribution in [-0.2, 0) is 28.6 Å². The molecule has 0 radical (unpaired) electrons. The minimum atomic E-state index is -0.706. The molecule has 1 aliphatic heterocycles. The van der Waals surface area contributed by atoms with E-state index in [9.17, 15) is 14.4 Å². The van der Waals surface area contributed by atoms with Crippen molar-refractivity contribution in [3.63, 3.8) is 0 Å². The highest BCUT2D eigenvalue weighted by Gasteiger charge is 2.43. The van der Waals surface area contributed by atoms with Gasteiger partial charge in [0.1, 0.15) is 6.10 Å². The van der Waals surface area contributed by atoms with E-state index in [0.29, 0.717) is 26.0 Å². The van der Waals surface area contributed by atoms with Crippen molar-refractivity contribution in [1.82, 2.24) is 10.6 Å². The lowest BCUT2D eigenvalue weighted by atomic mass is 9.85. The zero-order valence-corrected chi connectivity index (χ0v) is 28.3. The van der Waals surface area contributed by atoms with Crippen molar-refractivity contribution in [1.29, 1.82) is 0 Å². The Morgan fingerprint density at radius 2 is 1.47 bits per heavy atom. The van der Waals surface area contributed by atoms with E-state index in [1.54, 1.807) is 0 Å². The number of esters is 1. The summed E-state index contributed by atoms with van der Waals surface area (Å²) in [6.07, 6.45) is 20.6. The summed E-state index contributed by atoms with van der Waals surface area (Å²) in [4.78, 5) is 37.1. The van der Waals surface area contributed by atoms with E-state index in [1.165, 1.54) is 64.2 Å². The quantitative estimate of drug-likeness (QED) is 0.0690. The third-order valence-electron chi connectivity index (χ3n) is 8.09. The second kappa shape index (κ2) is 23.6. The van der Waals surface area contributed by atoms with Crippen LogP contribution in [0.25, 0.3) is 0 Å². The molecule has 2 rings (SSSR count). The summed E-state index contributed by atoms with van der Waals surface area (Å²) < 4.78 is 17.1. The number of unbranched alkanes of at least 4 members (excludes halogenated alkanes) is 11. The van der Waals surface area contributed by atoms with E-state index in [1.807, 2.05) is 44.2 Å². The molecule has 0 saturated carbocycles. The first-order valence-electron chi connectivity index (χ1n) is 17.5. The van der Waals surface area contributed by atoms with E-state index in [0.717, 1.165) is 24.8 Å². The van der Waals surface area contributed by atoms with Crippen molar-refractivity contribution in [3.8, 4) is 0 Å². The number of allylic oxidation sites excluding steroid dienone is 2. The Bertz CT molecular complexity index is 980. The second-order valence-corrected chi connectivity index (χ2v) is 12.9. The van der Waals surface area contributed by atoms with Crippen LogP contribution in [-0.4, -0.2) is 50.2 Å². The van der Waals surface area contributed by atoms with Crippen LogP contribution in [0.5, 0.6) is 0 Å². The number of carbonyl (C=O) groups excluding carboxylic acids is 3. The number of benzene rings is 1. The van der Waals surface area contributed by atoms with Gasteiger partial charge in [0, 0.05) is 30.5 Å². The molecule has 2 N–H and O–H groups in total. The molecule has 1 heterocycles. The summed E-state index contributed by atoms with van der Waals surface area (Å²) in [6, 6.07) is 9.52. The molecule has 8 heteroatoms. The van der Waals surface area contributed by atoms with Crippen LogP contribution in [0.1, 0.15) is 135 Å². The van der Waals surface area contributed by atoms with Gasteiger partial charge < -0.3 is 24.8 Å². The van der Waals surface area contributed by atoms with E-state index in [4.69, 9.17) is 14.2 Å². The molecule has 2 unspecified atom stereocenters. The van der Waals surface area contributed by atoms with Gasteiger partial charge in [0.2, 0.25) is 11.8 Å². The molecule has 0 bridgehead atoms. The van der Waals surface area contributed by atoms with Crippen molar-refractivity contribution in [2.24, 2.45) is 5.41 Å². The van der Waals surface area contributed by atoms with Gasteiger partial charge in [-0.05, 0) is 38.5 Å². The van der Waals surface area contributed by atoms with Crippen molar-refractivity contribution < 1.29 is 28.6 Å². The third-order valence-corrected chi connectivity index (χ3v) is 8.09. The Labute approximate surface area is 272 Å². The molecule has 0 aliphatic carbocycles. The molecule has 254 valence electrons. The largest absolute Gasteiger partial charge is 0.466 e. The van der Waals surface area contributed by atoms with Crippen LogP contribution in [0.3, 0.4) is 0 Å². The lowest BCUT2D eigenvalue weighted by molar-refractivity contribution is -0.258. The van der Waals surface area contributed by atoms with E-state index in [-0.39, 0.29) is 37.4 Å². The average Bonchev–Trinajstić information content (AvgIpc) is 3.03. The maximum atomic E-state index is 12.9. The van der Waals surface area contributed by atoms with Crippen molar-refractivity contribution in [3.05, 3.63) is 48.0 Å². The number of amides is 2. The molecular weight excluding hydrogens is 568 g/mol. The van der Waals surface area contributed by atoms with Gasteiger partial charge in [-0.1, -0.05) is 115 Å². The van der Waals surface area contributed by atoms with Crippen LogP contribution in [0.2, 0.25) is 0 Å². The number of carbonyl (C=O) groups is 3. The Balaban J connectivity index is 1.41. The molecule has 1 aromatic carbocycles. The van der Waals surface area contributed by atoms with Gasteiger partial charge in [-0.3, -0.25) is 14.4 Å². The molecule has 1 fully saturated rings. The molecule has 1 aliphatic rings. The summed E-state index contributed by atoms with van der Waals surface area (Å²) in [5, 5.41) is 5.70. The number of nitrogens with one attached hydrogen (secondary N) is 2. The third kappa shape index (κ3) is 17.5. The fourth-order valence-corrected chi connectivity index (χ4v) is 5.30. The van der Waals surface area contributed by atoms with Crippen molar-refractivity contribution in [2.75, 3.05) is 26.3 Å². The van der Waals surface area contributed by atoms with Crippen LogP contribution in [0, 0.1) is 5.41 Å². The van der Waals surface area contributed by atoms with Crippen LogP contribution < -0.4 is 10.6 Å². The lowest BCUT2D eigenvalue weighted by Crippen LogP contribution is -2.51. The van der Waals surface area contributed by atoms with Gasteiger partial charge in [0.25, 0.3) is 0 Å². The molecule has 1 saturated heterocycles. The highest BCUT2D eigenvalue weighted by molar-refractivity contribution is 5.82. The van der Waals surface area contributed by atoms with Crippen molar-refractivity contribution >= 4 is 17.8 Å². The highest BCUT2D eigenvalue weighted by Crippen LogP contribution is 2.36. The first-order valence-corrected chi connectivity index (χ1v) is 17.5. The maximum Gasteiger partial charge on any atom is 0.307 e. The number of hydrogen-bond donors (Lipinski definition) is 2. The fraction of sp³-hybridized carbons (Fsp3) is 0.703. The number of ether oxygens (including phenoxy) is 3. The van der Waals surface area contributed by atoms with E-state index in [2.05, 4.69) is 29.7 Å². The molecular formula is C37H60N2O6.